The van der Waals surface area contributed by atoms with Crippen LogP contribution in [0.3, 0.4) is 0 Å². The van der Waals surface area contributed by atoms with Gasteiger partial charge in [-0.25, -0.2) is 4.79 Å². The quantitative estimate of drug-likeness (QED) is 0.844. The molecule has 1 rings (SSSR count). The maximum atomic E-state index is 12.0. The smallest absolute Gasteiger partial charge is 0.414 e. The molecule has 0 bridgehead atoms. The van der Waals surface area contributed by atoms with Crippen LogP contribution in [-0.4, -0.2) is 33.0 Å². The Labute approximate surface area is 114 Å². The molecule has 0 atom stereocenters. The van der Waals surface area contributed by atoms with E-state index < -0.39 is 11.7 Å². The van der Waals surface area contributed by atoms with Crippen LogP contribution in [0.1, 0.15) is 20.8 Å². The number of amides is 1. The second kappa shape index (κ2) is 5.82. The van der Waals surface area contributed by atoms with Gasteiger partial charge in [-0.3, -0.25) is 4.90 Å². The van der Waals surface area contributed by atoms with Gasteiger partial charge in [0.05, 0.1) is 19.9 Å². The number of carbonyl (C=O) groups excluding carboxylic acids is 1. The predicted molar refractivity (Wildman–Crippen MR) is 74.2 cm³/mol. The van der Waals surface area contributed by atoms with Gasteiger partial charge in [-0.2, -0.15) is 0 Å². The lowest BCUT2D eigenvalue weighted by Gasteiger charge is -2.26. The summed E-state index contributed by atoms with van der Waals surface area (Å²) < 4.78 is 15.8. The molecule has 5 heteroatoms. The van der Waals surface area contributed by atoms with E-state index in [0.29, 0.717) is 17.2 Å². The van der Waals surface area contributed by atoms with Gasteiger partial charge in [-0.1, -0.05) is 6.07 Å². The topological polar surface area (TPSA) is 48.0 Å². The number of nitrogens with zero attached hydrogens (tertiary/aromatic N) is 1. The standard InChI is InChI=1S/C14H21NO4/c1-14(2,3)19-13(16)15(4)10-8-7-9-11(17-5)12(10)18-6/h7-9H,1-6H3. The van der Waals surface area contributed by atoms with E-state index in [9.17, 15) is 4.79 Å². The fraction of sp³-hybridized carbons (Fsp3) is 0.500. The largest absolute Gasteiger partial charge is 0.493 e. The third kappa shape index (κ3) is 3.77. The van der Waals surface area contributed by atoms with E-state index in [4.69, 9.17) is 14.2 Å². The summed E-state index contributed by atoms with van der Waals surface area (Å²) in [5.74, 6) is 1.06. The fourth-order valence-electron chi connectivity index (χ4n) is 1.56. The van der Waals surface area contributed by atoms with Crippen LogP contribution in [0.25, 0.3) is 0 Å². The molecule has 0 spiro atoms. The number of para-hydroxylation sites is 1. The average Bonchev–Trinajstić information content (AvgIpc) is 2.34. The van der Waals surface area contributed by atoms with Crippen molar-refractivity contribution < 1.29 is 19.0 Å². The molecule has 1 amide bonds. The van der Waals surface area contributed by atoms with Gasteiger partial charge in [0.1, 0.15) is 5.60 Å². The molecule has 0 fully saturated rings. The molecule has 0 N–H and O–H groups in total. The first-order valence-corrected chi connectivity index (χ1v) is 5.98. The maximum Gasteiger partial charge on any atom is 0.414 e. The number of ether oxygens (including phenoxy) is 3. The summed E-state index contributed by atoms with van der Waals surface area (Å²) in [6.07, 6.45) is -0.445. The van der Waals surface area contributed by atoms with Crippen LogP contribution in [0.15, 0.2) is 18.2 Å². The molecule has 0 radical (unpaired) electrons. The van der Waals surface area contributed by atoms with E-state index >= 15 is 0 Å². The van der Waals surface area contributed by atoms with Crippen molar-refractivity contribution >= 4 is 11.8 Å². The van der Waals surface area contributed by atoms with Crippen molar-refractivity contribution in [1.29, 1.82) is 0 Å². The van der Waals surface area contributed by atoms with Crippen molar-refractivity contribution in [3.63, 3.8) is 0 Å². The molecule has 0 unspecified atom stereocenters. The lowest BCUT2D eigenvalue weighted by Crippen LogP contribution is -2.34. The lowest BCUT2D eigenvalue weighted by atomic mass is 10.2. The number of carbonyl (C=O) groups is 1. The van der Waals surface area contributed by atoms with Crippen LogP contribution >= 0.6 is 0 Å². The molecule has 1 aromatic rings. The van der Waals surface area contributed by atoms with Crippen LogP contribution < -0.4 is 14.4 Å². The van der Waals surface area contributed by atoms with Crippen molar-refractivity contribution in [3.8, 4) is 11.5 Å². The summed E-state index contributed by atoms with van der Waals surface area (Å²) in [6.45, 7) is 5.46. The minimum Gasteiger partial charge on any atom is -0.493 e. The maximum absolute atomic E-state index is 12.0. The highest BCUT2D eigenvalue weighted by atomic mass is 16.6. The van der Waals surface area contributed by atoms with Crippen molar-refractivity contribution in [2.75, 3.05) is 26.2 Å². The predicted octanol–water partition coefficient (Wildman–Crippen LogP) is 3.08. The number of methoxy groups -OCH3 is 2. The first kappa shape index (κ1) is 15.1. The Morgan fingerprint density at radius 3 is 2.26 bits per heavy atom. The van der Waals surface area contributed by atoms with Gasteiger partial charge >= 0.3 is 6.09 Å². The number of rotatable bonds is 3. The van der Waals surface area contributed by atoms with E-state index in [1.807, 2.05) is 20.8 Å². The summed E-state index contributed by atoms with van der Waals surface area (Å²) in [5.41, 5.74) is 0.0494. The zero-order valence-corrected chi connectivity index (χ0v) is 12.3. The lowest BCUT2D eigenvalue weighted by molar-refractivity contribution is 0.0588. The second-order valence-electron chi connectivity index (χ2n) is 5.05. The summed E-state index contributed by atoms with van der Waals surface area (Å²) in [7, 11) is 4.71. The zero-order chi connectivity index (χ0) is 14.6. The van der Waals surface area contributed by atoms with Crippen LogP contribution in [0.2, 0.25) is 0 Å². The van der Waals surface area contributed by atoms with Gasteiger partial charge in [0.25, 0.3) is 0 Å². The minimum atomic E-state index is -0.544. The van der Waals surface area contributed by atoms with Crippen molar-refractivity contribution in [2.45, 2.75) is 26.4 Å². The molecule has 5 nitrogen and oxygen atoms in total. The normalized spacial score (nSPS) is 10.8. The number of hydrogen-bond donors (Lipinski definition) is 0. The molecule has 0 aliphatic carbocycles. The molecule has 0 aromatic heterocycles. The van der Waals surface area contributed by atoms with E-state index in [2.05, 4.69) is 0 Å². The van der Waals surface area contributed by atoms with E-state index in [1.54, 1.807) is 32.4 Å². The molecule has 1 aromatic carbocycles. The molecule has 0 saturated heterocycles. The molecule has 19 heavy (non-hydrogen) atoms. The van der Waals surface area contributed by atoms with Crippen LogP contribution in [0.5, 0.6) is 11.5 Å². The Morgan fingerprint density at radius 1 is 1.16 bits per heavy atom. The Hall–Kier alpha value is -1.91. The molecule has 0 saturated carbocycles. The van der Waals surface area contributed by atoms with E-state index in [0.717, 1.165) is 0 Å². The van der Waals surface area contributed by atoms with Gasteiger partial charge in [0, 0.05) is 7.05 Å². The molecule has 0 heterocycles. The monoisotopic (exact) mass is 267 g/mol. The highest BCUT2D eigenvalue weighted by Crippen LogP contribution is 2.37. The zero-order valence-electron chi connectivity index (χ0n) is 12.3. The third-order valence-corrected chi connectivity index (χ3v) is 2.41. The summed E-state index contributed by atoms with van der Waals surface area (Å²) in [5, 5.41) is 0. The highest BCUT2D eigenvalue weighted by molar-refractivity contribution is 5.90. The first-order chi connectivity index (χ1) is 8.80. The highest BCUT2D eigenvalue weighted by Gasteiger charge is 2.23. The summed E-state index contributed by atoms with van der Waals surface area (Å²) in [6, 6.07) is 5.33. The van der Waals surface area contributed by atoms with Gasteiger partial charge in [0.2, 0.25) is 0 Å². The van der Waals surface area contributed by atoms with Gasteiger partial charge in [-0.05, 0) is 32.9 Å². The molecular weight excluding hydrogens is 246 g/mol. The van der Waals surface area contributed by atoms with Crippen LogP contribution in [0, 0.1) is 0 Å². The van der Waals surface area contributed by atoms with E-state index in [-0.39, 0.29) is 0 Å². The molecular formula is C14H21NO4. The molecule has 0 aliphatic rings. The SMILES string of the molecule is COc1cccc(N(C)C(=O)OC(C)(C)C)c1OC. The van der Waals surface area contributed by atoms with Crippen molar-refractivity contribution in [3.05, 3.63) is 18.2 Å². The number of anilines is 1. The Balaban J connectivity index is 3.05. The third-order valence-electron chi connectivity index (χ3n) is 2.41. The fourth-order valence-corrected chi connectivity index (χ4v) is 1.56. The van der Waals surface area contributed by atoms with Gasteiger partial charge in [0.15, 0.2) is 11.5 Å². The molecule has 0 aliphatic heterocycles. The van der Waals surface area contributed by atoms with Gasteiger partial charge < -0.3 is 14.2 Å². The Kier molecular flexibility index (Phi) is 4.64. The Morgan fingerprint density at radius 2 is 1.79 bits per heavy atom. The summed E-state index contributed by atoms with van der Waals surface area (Å²) in [4.78, 5) is 13.4. The van der Waals surface area contributed by atoms with Gasteiger partial charge in [-0.15, -0.1) is 0 Å². The van der Waals surface area contributed by atoms with Crippen molar-refractivity contribution in [1.82, 2.24) is 0 Å². The Bertz CT molecular complexity index is 451. The first-order valence-electron chi connectivity index (χ1n) is 5.98. The van der Waals surface area contributed by atoms with E-state index in [1.165, 1.54) is 12.0 Å². The van der Waals surface area contributed by atoms with Crippen molar-refractivity contribution in [2.24, 2.45) is 0 Å². The minimum absolute atomic E-state index is 0.445. The number of benzene rings is 1. The molecule has 106 valence electrons. The number of hydrogen-bond acceptors (Lipinski definition) is 4. The van der Waals surface area contributed by atoms with Crippen LogP contribution in [-0.2, 0) is 4.74 Å². The second-order valence-corrected chi connectivity index (χ2v) is 5.05. The van der Waals surface area contributed by atoms with Crippen LogP contribution in [0.4, 0.5) is 10.5 Å². The summed E-state index contributed by atoms with van der Waals surface area (Å²) >= 11 is 0. The average molecular weight is 267 g/mol.